The van der Waals surface area contributed by atoms with Gasteiger partial charge in [-0.1, -0.05) is 25.1 Å². The van der Waals surface area contributed by atoms with Gasteiger partial charge in [0.1, 0.15) is 5.69 Å². The zero-order chi connectivity index (χ0) is 18.4. The smallest absolute Gasteiger partial charge is 0.270 e. The molecule has 0 aliphatic carbocycles. The van der Waals surface area contributed by atoms with Gasteiger partial charge < -0.3 is 10.6 Å². The van der Waals surface area contributed by atoms with E-state index < -0.39 is 0 Å². The van der Waals surface area contributed by atoms with Gasteiger partial charge >= 0.3 is 0 Å². The van der Waals surface area contributed by atoms with E-state index in [9.17, 15) is 4.79 Å². The van der Waals surface area contributed by atoms with Crippen molar-refractivity contribution in [3.8, 4) is 0 Å². The van der Waals surface area contributed by atoms with E-state index in [0.717, 1.165) is 23.4 Å². The normalized spacial score (nSPS) is 10.4. The number of para-hydroxylation sites is 1. The third kappa shape index (κ3) is 4.25. The Bertz CT molecular complexity index is 876. The minimum absolute atomic E-state index is 0.196. The molecule has 2 N–H and O–H groups in total. The highest BCUT2D eigenvalue weighted by molar-refractivity contribution is 5.92. The van der Waals surface area contributed by atoms with Crippen LogP contribution in [-0.2, 0) is 13.0 Å². The molecule has 0 spiro atoms. The van der Waals surface area contributed by atoms with Crippen molar-refractivity contribution in [1.82, 2.24) is 15.3 Å². The van der Waals surface area contributed by atoms with Gasteiger partial charge in [-0.2, -0.15) is 0 Å². The second-order valence-corrected chi connectivity index (χ2v) is 6.06. The van der Waals surface area contributed by atoms with Crippen LogP contribution in [0.5, 0.6) is 0 Å². The first-order chi connectivity index (χ1) is 12.7. The number of aromatic nitrogens is 2. The summed E-state index contributed by atoms with van der Waals surface area (Å²) >= 11 is 0. The molecular formula is C21H22N4O. The fourth-order valence-corrected chi connectivity index (χ4v) is 2.72. The van der Waals surface area contributed by atoms with E-state index in [1.807, 2.05) is 18.2 Å². The highest BCUT2D eigenvalue weighted by Crippen LogP contribution is 2.25. The summed E-state index contributed by atoms with van der Waals surface area (Å²) in [4.78, 5) is 20.5. The maximum absolute atomic E-state index is 12.2. The van der Waals surface area contributed by atoms with Crippen LogP contribution in [-0.4, -0.2) is 15.9 Å². The van der Waals surface area contributed by atoms with Crippen LogP contribution in [0.3, 0.4) is 0 Å². The van der Waals surface area contributed by atoms with E-state index in [1.165, 1.54) is 11.1 Å². The molecule has 0 bridgehead atoms. The van der Waals surface area contributed by atoms with Crippen molar-refractivity contribution < 1.29 is 4.79 Å². The fraction of sp³-hybridized carbons (Fsp3) is 0.190. The Labute approximate surface area is 153 Å². The number of pyridine rings is 2. The van der Waals surface area contributed by atoms with Crippen LogP contribution in [0.2, 0.25) is 0 Å². The predicted molar refractivity (Wildman–Crippen MR) is 103 cm³/mol. The summed E-state index contributed by atoms with van der Waals surface area (Å²) in [5.41, 5.74) is 5.79. The molecule has 1 amide bonds. The number of carbonyl (C=O) groups is 1. The van der Waals surface area contributed by atoms with E-state index >= 15 is 0 Å². The zero-order valence-corrected chi connectivity index (χ0v) is 15.0. The Morgan fingerprint density at radius 1 is 1.08 bits per heavy atom. The largest absolute Gasteiger partial charge is 0.354 e. The van der Waals surface area contributed by atoms with Gasteiger partial charge in [0.15, 0.2) is 0 Å². The number of benzene rings is 1. The standard InChI is InChI=1S/C21H22N4O/c1-3-17-6-4-5-15(2)20(17)25-18-7-8-19(23-14-18)21(26)24-13-16-9-11-22-12-10-16/h4-12,14,25H,3,13H2,1-2H3,(H,24,26). The second kappa shape index (κ2) is 8.25. The van der Waals surface area contributed by atoms with Gasteiger partial charge in [-0.25, -0.2) is 4.98 Å². The molecule has 1 aromatic carbocycles. The van der Waals surface area contributed by atoms with E-state index in [-0.39, 0.29) is 5.91 Å². The SMILES string of the molecule is CCc1cccc(C)c1Nc1ccc(C(=O)NCc2ccncc2)nc1. The molecular weight excluding hydrogens is 324 g/mol. The van der Waals surface area contributed by atoms with Gasteiger partial charge in [-0.3, -0.25) is 9.78 Å². The molecule has 0 aliphatic heterocycles. The van der Waals surface area contributed by atoms with Crippen molar-refractivity contribution >= 4 is 17.3 Å². The summed E-state index contributed by atoms with van der Waals surface area (Å²) in [7, 11) is 0. The number of anilines is 2. The molecule has 5 nitrogen and oxygen atoms in total. The molecule has 2 aromatic heterocycles. The maximum atomic E-state index is 12.2. The van der Waals surface area contributed by atoms with Gasteiger partial charge in [0.05, 0.1) is 11.9 Å². The number of aryl methyl sites for hydroxylation is 2. The number of rotatable bonds is 6. The van der Waals surface area contributed by atoms with Crippen molar-refractivity contribution in [2.45, 2.75) is 26.8 Å². The highest BCUT2D eigenvalue weighted by Gasteiger charge is 2.08. The minimum Gasteiger partial charge on any atom is -0.354 e. The number of nitrogens with one attached hydrogen (secondary N) is 2. The molecule has 26 heavy (non-hydrogen) atoms. The Morgan fingerprint density at radius 2 is 1.88 bits per heavy atom. The van der Waals surface area contributed by atoms with Crippen molar-refractivity contribution in [3.63, 3.8) is 0 Å². The van der Waals surface area contributed by atoms with Crippen LogP contribution in [0.15, 0.2) is 61.1 Å². The Hall–Kier alpha value is -3.21. The monoisotopic (exact) mass is 346 g/mol. The van der Waals surface area contributed by atoms with E-state index in [4.69, 9.17) is 0 Å². The molecule has 3 rings (SSSR count). The molecule has 132 valence electrons. The Kier molecular flexibility index (Phi) is 5.59. The molecule has 5 heteroatoms. The summed E-state index contributed by atoms with van der Waals surface area (Å²) in [6.07, 6.45) is 6.05. The first kappa shape index (κ1) is 17.6. The summed E-state index contributed by atoms with van der Waals surface area (Å²) < 4.78 is 0. The van der Waals surface area contributed by atoms with Crippen molar-refractivity contribution in [2.75, 3.05) is 5.32 Å². The predicted octanol–water partition coefficient (Wildman–Crippen LogP) is 4.02. The summed E-state index contributed by atoms with van der Waals surface area (Å²) in [5, 5.41) is 6.28. The van der Waals surface area contributed by atoms with E-state index in [0.29, 0.717) is 12.2 Å². The van der Waals surface area contributed by atoms with Gasteiger partial charge in [-0.15, -0.1) is 0 Å². The van der Waals surface area contributed by atoms with Gasteiger partial charge in [0, 0.05) is 24.6 Å². The van der Waals surface area contributed by atoms with E-state index in [2.05, 4.69) is 52.6 Å². The van der Waals surface area contributed by atoms with Crippen molar-refractivity contribution in [3.05, 3.63) is 83.4 Å². The molecule has 0 saturated heterocycles. The first-order valence-electron chi connectivity index (χ1n) is 8.66. The number of nitrogens with zero attached hydrogens (tertiary/aromatic N) is 2. The van der Waals surface area contributed by atoms with Crippen molar-refractivity contribution in [2.24, 2.45) is 0 Å². The Morgan fingerprint density at radius 3 is 2.58 bits per heavy atom. The quantitative estimate of drug-likeness (QED) is 0.707. The molecule has 3 aromatic rings. The summed E-state index contributed by atoms with van der Waals surface area (Å²) in [6, 6.07) is 13.6. The Balaban J connectivity index is 1.66. The average Bonchev–Trinajstić information content (AvgIpc) is 2.69. The van der Waals surface area contributed by atoms with Crippen LogP contribution in [0.4, 0.5) is 11.4 Å². The van der Waals surface area contributed by atoms with Crippen LogP contribution >= 0.6 is 0 Å². The number of carbonyl (C=O) groups excluding carboxylic acids is 1. The lowest BCUT2D eigenvalue weighted by atomic mass is 10.1. The third-order valence-electron chi connectivity index (χ3n) is 4.21. The van der Waals surface area contributed by atoms with Crippen LogP contribution in [0.25, 0.3) is 0 Å². The minimum atomic E-state index is -0.196. The molecule has 0 fully saturated rings. The van der Waals surface area contributed by atoms with Crippen LogP contribution < -0.4 is 10.6 Å². The van der Waals surface area contributed by atoms with Gasteiger partial charge in [-0.05, 0) is 54.3 Å². The lowest BCUT2D eigenvalue weighted by Gasteiger charge is -2.14. The molecule has 0 atom stereocenters. The highest BCUT2D eigenvalue weighted by atomic mass is 16.1. The van der Waals surface area contributed by atoms with Gasteiger partial charge in [0.25, 0.3) is 5.91 Å². The molecule has 0 saturated carbocycles. The van der Waals surface area contributed by atoms with Crippen LogP contribution in [0, 0.1) is 6.92 Å². The third-order valence-corrected chi connectivity index (χ3v) is 4.21. The topological polar surface area (TPSA) is 66.9 Å². The van der Waals surface area contributed by atoms with E-state index in [1.54, 1.807) is 24.7 Å². The van der Waals surface area contributed by atoms with Crippen molar-refractivity contribution in [1.29, 1.82) is 0 Å². The molecule has 0 aliphatic rings. The number of amides is 1. The molecule has 0 unspecified atom stereocenters. The second-order valence-electron chi connectivity index (χ2n) is 6.06. The molecule has 0 radical (unpaired) electrons. The van der Waals surface area contributed by atoms with Crippen LogP contribution in [0.1, 0.15) is 34.1 Å². The fourth-order valence-electron chi connectivity index (χ4n) is 2.72. The lowest BCUT2D eigenvalue weighted by Crippen LogP contribution is -2.23. The van der Waals surface area contributed by atoms with Gasteiger partial charge in [0.2, 0.25) is 0 Å². The number of hydrogen-bond acceptors (Lipinski definition) is 4. The lowest BCUT2D eigenvalue weighted by molar-refractivity contribution is 0.0946. The summed E-state index contributed by atoms with van der Waals surface area (Å²) in [6.45, 7) is 4.66. The zero-order valence-electron chi connectivity index (χ0n) is 15.0. The summed E-state index contributed by atoms with van der Waals surface area (Å²) in [5.74, 6) is -0.196. The maximum Gasteiger partial charge on any atom is 0.270 e. The average molecular weight is 346 g/mol. The first-order valence-corrected chi connectivity index (χ1v) is 8.66. The molecule has 2 heterocycles. The number of hydrogen-bond donors (Lipinski definition) is 2.